The zero-order valence-corrected chi connectivity index (χ0v) is 29.2. The molecule has 45 heavy (non-hydrogen) atoms. The summed E-state index contributed by atoms with van der Waals surface area (Å²) in [5, 5.41) is 19.4. The summed E-state index contributed by atoms with van der Waals surface area (Å²) in [4.78, 5) is 46.6. The number of azo groups is 1. The highest BCUT2D eigenvalue weighted by atomic mass is 16.3. The zero-order valence-electron chi connectivity index (χ0n) is 29.2. The number of nitrogens with zero attached hydrogens (tertiary/aromatic N) is 4. The van der Waals surface area contributed by atoms with Crippen molar-refractivity contribution in [1.82, 2.24) is 14.8 Å². The van der Waals surface area contributed by atoms with Crippen molar-refractivity contribution in [2.24, 2.45) is 22.1 Å². The maximum Gasteiger partial charge on any atom is 0.263 e. The number of carbonyl (C=O) groups is 2. The van der Waals surface area contributed by atoms with E-state index < -0.39 is 17.3 Å². The maximum absolute atomic E-state index is 14.2. The molecule has 2 amide bonds. The van der Waals surface area contributed by atoms with Crippen LogP contribution in [0.4, 0.5) is 11.4 Å². The number of pyridine rings is 1. The molecule has 1 aromatic carbocycles. The smallest absolute Gasteiger partial charge is 0.263 e. The lowest BCUT2D eigenvalue weighted by Gasteiger charge is -2.31. The SMILES string of the molecule is CCCCC(CC)CN(CC(CC)CCCC)C(=O)c1ccccc1/N=N/c1c(O)[nH]c(=O)c(C(=O)N(C(C)C)C(C)C)c1C. The number of hydrogen-bond acceptors (Lipinski definition) is 6. The van der Waals surface area contributed by atoms with Gasteiger partial charge in [-0.25, -0.2) is 0 Å². The number of carbonyl (C=O) groups excluding carboxylic acids is 2. The Labute approximate surface area is 270 Å². The van der Waals surface area contributed by atoms with Crippen molar-refractivity contribution in [2.75, 3.05) is 13.1 Å². The zero-order chi connectivity index (χ0) is 33.7. The molecule has 0 aliphatic rings. The molecule has 0 aliphatic carbocycles. The number of amides is 2. The van der Waals surface area contributed by atoms with Crippen LogP contribution in [0.1, 0.15) is 133 Å². The minimum Gasteiger partial charge on any atom is -0.493 e. The van der Waals surface area contributed by atoms with Crippen molar-refractivity contribution in [3.8, 4) is 5.88 Å². The second-order valence-corrected chi connectivity index (χ2v) is 12.8. The number of unbranched alkanes of at least 4 members (excludes halogenated alkanes) is 2. The van der Waals surface area contributed by atoms with Crippen LogP contribution in [0.5, 0.6) is 5.88 Å². The van der Waals surface area contributed by atoms with Gasteiger partial charge in [0.05, 0.1) is 11.3 Å². The third-order valence-electron chi connectivity index (χ3n) is 8.70. The van der Waals surface area contributed by atoms with Crippen LogP contribution in [0.25, 0.3) is 0 Å². The number of benzene rings is 1. The Morgan fingerprint density at radius 2 is 1.38 bits per heavy atom. The van der Waals surface area contributed by atoms with Crippen LogP contribution in [0.2, 0.25) is 0 Å². The third-order valence-corrected chi connectivity index (χ3v) is 8.70. The summed E-state index contributed by atoms with van der Waals surface area (Å²) in [5.41, 5.74) is 0.231. The highest BCUT2D eigenvalue weighted by molar-refractivity contribution is 5.99. The molecule has 0 spiro atoms. The minimum absolute atomic E-state index is 0.0132. The van der Waals surface area contributed by atoms with E-state index in [1.54, 1.807) is 30.0 Å². The Morgan fingerprint density at radius 1 is 0.844 bits per heavy atom. The molecule has 0 saturated heterocycles. The molecule has 2 unspecified atom stereocenters. The summed E-state index contributed by atoms with van der Waals surface area (Å²) in [7, 11) is 0. The number of hydrogen-bond donors (Lipinski definition) is 2. The van der Waals surface area contributed by atoms with Crippen molar-refractivity contribution in [1.29, 1.82) is 0 Å². The second-order valence-electron chi connectivity index (χ2n) is 12.8. The Hall–Kier alpha value is -3.49. The first-order valence-corrected chi connectivity index (χ1v) is 17.0. The van der Waals surface area contributed by atoms with E-state index in [4.69, 9.17) is 0 Å². The van der Waals surface area contributed by atoms with E-state index in [9.17, 15) is 19.5 Å². The highest BCUT2D eigenvalue weighted by Crippen LogP contribution is 2.33. The molecule has 0 aliphatic heterocycles. The van der Waals surface area contributed by atoms with Crippen LogP contribution in [-0.4, -0.2) is 56.9 Å². The maximum atomic E-state index is 14.2. The lowest BCUT2D eigenvalue weighted by molar-refractivity contribution is 0.0639. The van der Waals surface area contributed by atoms with Gasteiger partial charge in [-0.05, 0) is 71.4 Å². The van der Waals surface area contributed by atoms with Gasteiger partial charge in [-0.2, -0.15) is 0 Å². The van der Waals surface area contributed by atoms with Gasteiger partial charge in [-0.3, -0.25) is 19.4 Å². The fraction of sp³-hybridized carbons (Fsp3) is 0.639. The molecule has 2 aromatic rings. The fourth-order valence-corrected chi connectivity index (χ4v) is 5.98. The van der Waals surface area contributed by atoms with Crippen molar-refractivity contribution in [2.45, 2.75) is 126 Å². The largest absolute Gasteiger partial charge is 0.493 e. The molecule has 2 atom stereocenters. The molecular formula is C36H57N5O4. The molecule has 2 N–H and O–H groups in total. The molecule has 0 fully saturated rings. The lowest BCUT2D eigenvalue weighted by atomic mass is 9.95. The van der Waals surface area contributed by atoms with Gasteiger partial charge in [-0.1, -0.05) is 78.4 Å². The first-order valence-electron chi connectivity index (χ1n) is 17.0. The summed E-state index contributed by atoms with van der Waals surface area (Å²) in [6.45, 7) is 19.3. The van der Waals surface area contributed by atoms with Gasteiger partial charge in [0.1, 0.15) is 11.3 Å². The fourth-order valence-electron chi connectivity index (χ4n) is 5.98. The molecule has 2 rings (SSSR count). The first-order chi connectivity index (χ1) is 21.4. The van der Waals surface area contributed by atoms with Crippen LogP contribution in [0.15, 0.2) is 39.3 Å². The van der Waals surface area contributed by atoms with E-state index in [2.05, 4.69) is 42.9 Å². The number of H-pyrrole nitrogens is 1. The van der Waals surface area contributed by atoms with Crippen molar-refractivity contribution >= 4 is 23.2 Å². The summed E-state index contributed by atoms with van der Waals surface area (Å²) in [6, 6.07) is 6.82. The van der Waals surface area contributed by atoms with Gasteiger partial charge < -0.3 is 14.9 Å². The van der Waals surface area contributed by atoms with E-state index in [0.29, 0.717) is 36.2 Å². The van der Waals surface area contributed by atoms with Crippen molar-refractivity contribution < 1.29 is 14.7 Å². The number of aromatic hydroxyl groups is 1. The quantitative estimate of drug-likeness (QED) is 0.161. The van der Waals surface area contributed by atoms with Gasteiger partial charge in [0.25, 0.3) is 17.4 Å². The predicted molar refractivity (Wildman–Crippen MR) is 183 cm³/mol. The Morgan fingerprint density at radius 3 is 1.87 bits per heavy atom. The molecular weight excluding hydrogens is 566 g/mol. The Kier molecular flexibility index (Phi) is 15.5. The molecule has 0 saturated carbocycles. The Bertz CT molecular complexity index is 1310. The highest BCUT2D eigenvalue weighted by Gasteiger charge is 2.28. The van der Waals surface area contributed by atoms with Gasteiger partial charge in [0.15, 0.2) is 0 Å². The molecule has 0 bridgehead atoms. The standard InChI is InChI=1S/C36H57N5O4/c1-10-14-18-27(12-3)22-40(23-28(13-4)19-15-11-2)35(44)29-20-16-17-21-30(29)38-39-32-26(9)31(33(42)37-34(32)43)36(45)41(24(5)6)25(7)8/h16-17,20-21,24-25,27-28H,10-15,18-19,22-23H2,1-9H3,(H2,37,42,43)/b39-38+. The number of nitrogens with one attached hydrogen (secondary N) is 1. The van der Waals surface area contributed by atoms with Crippen LogP contribution < -0.4 is 5.56 Å². The molecule has 250 valence electrons. The van der Waals surface area contributed by atoms with Crippen LogP contribution in [0.3, 0.4) is 0 Å². The average Bonchev–Trinajstić information content (AvgIpc) is 2.99. The Balaban J connectivity index is 2.55. The van der Waals surface area contributed by atoms with Crippen molar-refractivity contribution in [3.05, 3.63) is 51.3 Å². The molecule has 9 heteroatoms. The topological polar surface area (TPSA) is 118 Å². The molecule has 9 nitrogen and oxygen atoms in total. The van der Waals surface area contributed by atoms with E-state index >= 15 is 0 Å². The van der Waals surface area contributed by atoms with Crippen LogP contribution in [0, 0.1) is 18.8 Å². The number of rotatable bonds is 18. The summed E-state index contributed by atoms with van der Waals surface area (Å²) in [6.07, 6.45) is 8.70. The van der Waals surface area contributed by atoms with E-state index in [1.165, 1.54) is 0 Å². The summed E-state index contributed by atoms with van der Waals surface area (Å²) in [5.74, 6) is -0.174. The third kappa shape index (κ3) is 10.3. The average molecular weight is 624 g/mol. The molecule has 1 heterocycles. The lowest BCUT2D eigenvalue weighted by Crippen LogP contribution is -2.44. The number of aromatic nitrogens is 1. The van der Waals surface area contributed by atoms with Crippen molar-refractivity contribution in [3.63, 3.8) is 0 Å². The predicted octanol–water partition coefficient (Wildman–Crippen LogP) is 8.94. The van der Waals surface area contributed by atoms with Gasteiger partial charge in [-0.15, -0.1) is 10.2 Å². The molecule has 0 radical (unpaired) electrons. The summed E-state index contributed by atoms with van der Waals surface area (Å²) < 4.78 is 0. The second kappa shape index (κ2) is 18.5. The van der Waals surface area contributed by atoms with Gasteiger partial charge >= 0.3 is 0 Å². The van der Waals surface area contributed by atoms with Gasteiger partial charge in [0, 0.05) is 30.7 Å². The summed E-state index contributed by atoms with van der Waals surface area (Å²) >= 11 is 0. The monoisotopic (exact) mass is 623 g/mol. The van der Waals surface area contributed by atoms with Crippen LogP contribution >= 0.6 is 0 Å². The number of aromatic amines is 1. The normalized spacial score (nSPS) is 13.0. The van der Waals surface area contributed by atoms with E-state index in [1.807, 2.05) is 38.7 Å². The van der Waals surface area contributed by atoms with E-state index in [-0.39, 0.29) is 34.8 Å². The first kappa shape index (κ1) is 37.7. The minimum atomic E-state index is -0.687. The van der Waals surface area contributed by atoms with E-state index in [0.717, 1.165) is 51.4 Å². The van der Waals surface area contributed by atoms with Gasteiger partial charge in [0.2, 0.25) is 5.88 Å². The van der Waals surface area contributed by atoms with Crippen LogP contribution in [-0.2, 0) is 0 Å². The molecule has 1 aromatic heterocycles.